The van der Waals surface area contributed by atoms with E-state index in [1.807, 2.05) is 18.2 Å². The maximum absolute atomic E-state index is 12.2. The molecule has 1 fully saturated rings. The number of carbonyl (C=O) groups is 1. The van der Waals surface area contributed by atoms with E-state index in [9.17, 15) is 4.79 Å². The fourth-order valence-corrected chi connectivity index (χ4v) is 2.82. The molecule has 3 rings (SSSR count). The number of nitrogens with one attached hydrogen (secondary N) is 1. The van der Waals surface area contributed by atoms with Gasteiger partial charge in [-0.15, -0.1) is 0 Å². The van der Waals surface area contributed by atoms with Gasteiger partial charge < -0.3 is 10.2 Å². The van der Waals surface area contributed by atoms with Gasteiger partial charge in [-0.05, 0) is 30.9 Å². The Labute approximate surface area is 140 Å². The lowest BCUT2D eigenvalue weighted by Gasteiger charge is -2.26. The van der Waals surface area contributed by atoms with Crippen LogP contribution in [0.2, 0.25) is 5.02 Å². The van der Waals surface area contributed by atoms with Crippen LogP contribution in [0.5, 0.6) is 0 Å². The van der Waals surface area contributed by atoms with Crippen molar-refractivity contribution in [3.05, 3.63) is 52.8 Å². The van der Waals surface area contributed by atoms with Crippen molar-refractivity contribution in [1.29, 1.82) is 0 Å². The lowest BCUT2D eigenvalue weighted by Crippen LogP contribution is -2.31. The standard InChI is InChI=1S/C17H19ClN4O/c18-15-7-3-2-6-13(15)10-19-16(23)14-11-20-17(21-12-14)22-8-4-1-5-9-22/h2-3,6-7,11-12H,1,4-5,8-10H2,(H,19,23). The highest BCUT2D eigenvalue weighted by atomic mass is 35.5. The molecule has 0 aliphatic carbocycles. The van der Waals surface area contributed by atoms with Crippen LogP contribution in [-0.2, 0) is 6.54 Å². The number of rotatable bonds is 4. The van der Waals surface area contributed by atoms with Gasteiger partial charge in [-0.2, -0.15) is 0 Å². The molecule has 2 heterocycles. The molecule has 0 spiro atoms. The molecule has 0 bridgehead atoms. The van der Waals surface area contributed by atoms with Crippen LogP contribution in [0.15, 0.2) is 36.7 Å². The smallest absolute Gasteiger partial charge is 0.254 e. The number of aromatic nitrogens is 2. The zero-order chi connectivity index (χ0) is 16.1. The molecule has 2 aromatic rings. The van der Waals surface area contributed by atoms with E-state index in [1.165, 1.54) is 19.3 Å². The van der Waals surface area contributed by atoms with Crippen LogP contribution >= 0.6 is 11.6 Å². The highest BCUT2D eigenvalue weighted by Crippen LogP contribution is 2.16. The molecule has 5 nitrogen and oxygen atoms in total. The number of halogens is 1. The molecule has 0 atom stereocenters. The molecule has 1 saturated heterocycles. The Morgan fingerprint density at radius 1 is 1.13 bits per heavy atom. The molecule has 0 radical (unpaired) electrons. The summed E-state index contributed by atoms with van der Waals surface area (Å²) in [6.07, 6.45) is 6.77. The van der Waals surface area contributed by atoms with Crippen LogP contribution < -0.4 is 10.2 Å². The van der Waals surface area contributed by atoms with Crippen LogP contribution in [0.1, 0.15) is 35.2 Å². The van der Waals surface area contributed by atoms with Gasteiger partial charge in [0.1, 0.15) is 0 Å². The van der Waals surface area contributed by atoms with Crippen molar-refractivity contribution in [3.8, 4) is 0 Å². The van der Waals surface area contributed by atoms with Crippen molar-refractivity contribution >= 4 is 23.5 Å². The predicted octanol–water partition coefficient (Wildman–Crippen LogP) is 3.05. The van der Waals surface area contributed by atoms with E-state index in [-0.39, 0.29) is 5.91 Å². The molecule has 1 aromatic carbocycles. The summed E-state index contributed by atoms with van der Waals surface area (Å²) in [5, 5.41) is 3.48. The molecule has 120 valence electrons. The van der Waals surface area contributed by atoms with Crippen LogP contribution in [0, 0.1) is 0 Å². The second kappa shape index (κ2) is 7.42. The SMILES string of the molecule is O=C(NCc1ccccc1Cl)c1cnc(N2CCCCC2)nc1. The van der Waals surface area contributed by atoms with Crippen molar-refractivity contribution in [1.82, 2.24) is 15.3 Å². The van der Waals surface area contributed by atoms with E-state index in [0.29, 0.717) is 23.1 Å². The number of hydrogen-bond acceptors (Lipinski definition) is 4. The second-order valence-corrected chi connectivity index (χ2v) is 6.00. The lowest BCUT2D eigenvalue weighted by atomic mass is 10.1. The Bertz CT molecular complexity index is 669. The number of amides is 1. The molecule has 1 aromatic heterocycles. The Hall–Kier alpha value is -2.14. The van der Waals surface area contributed by atoms with Crippen molar-refractivity contribution in [2.24, 2.45) is 0 Å². The number of nitrogens with zero attached hydrogens (tertiary/aromatic N) is 3. The van der Waals surface area contributed by atoms with Gasteiger partial charge in [-0.1, -0.05) is 29.8 Å². The lowest BCUT2D eigenvalue weighted by molar-refractivity contribution is 0.0950. The van der Waals surface area contributed by atoms with Crippen molar-refractivity contribution in [2.75, 3.05) is 18.0 Å². The molecule has 6 heteroatoms. The Morgan fingerprint density at radius 3 is 2.52 bits per heavy atom. The minimum Gasteiger partial charge on any atom is -0.348 e. The fraction of sp³-hybridized carbons (Fsp3) is 0.353. The number of piperidine rings is 1. The third-order valence-corrected chi connectivity index (χ3v) is 4.31. The van der Waals surface area contributed by atoms with Gasteiger partial charge in [0.2, 0.25) is 5.95 Å². The van der Waals surface area contributed by atoms with Crippen molar-refractivity contribution < 1.29 is 4.79 Å². The summed E-state index contributed by atoms with van der Waals surface area (Å²) in [4.78, 5) is 23.0. The minimum absolute atomic E-state index is 0.199. The molecule has 1 aliphatic heterocycles. The van der Waals surface area contributed by atoms with E-state index in [2.05, 4.69) is 20.2 Å². The molecule has 23 heavy (non-hydrogen) atoms. The topological polar surface area (TPSA) is 58.1 Å². The Kier molecular flexibility index (Phi) is 5.08. The summed E-state index contributed by atoms with van der Waals surface area (Å²) in [6.45, 7) is 2.35. The number of benzene rings is 1. The third kappa shape index (κ3) is 3.99. The first-order valence-electron chi connectivity index (χ1n) is 7.82. The average molecular weight is 331 g/mol. The van der Waals surface area contributed by atoms with Gasteiger partial charge in [0.15, 0.2) is 0 Å². The van der Waals surface area contributed by atoms with Crippen molar-refractivity contribution in [3.63, 3.8) is 0 Å². The quantitative estimate of drug-likeness (QED) is 0.936. The highest BCUT2D eigenvalue weighted by Gasteiger charge is 2.14. The largest absolute Gasteiger partial charge is 0.348 e. The first-order chi connectivity index (χ1) is 11.2. The molecular formula is C17H19ClN4O. The number of hydrogen-bond donors (Lipinski definition) is 1. The molecule has 1 N–H and O–H groups in total. The zero-order valence-electron chi connectivity index (χ0n) is 12.8. The Balaban J connectivity index is 1.60. The fourth-order valence-electron chi connectivity index (χ4n) is 2.62. The zero-order valence-corrected chi connectivity index (χ0v) is 13.6. The van der Waals surface area contributed by atoms with Gasteiger partial charge in [0.25, 0.3) is 5.91 Å². The van der Waals surface area contributed by atoms with E-state index < -0.39 is 0 Å². The van der Waals surface area contributed by atoms with E-state index in [0.717, 1.165) is 18.7 Å². The summed E-state index contributed by atoms with van der Waals surface area (Å²) in [6, 6.07) is 7.45. The minimum atomic E-state index is -0.199. The van der Waals surface area contributed by atoms with E-state index in [4.69, 9.17) is 11.6 Å². The maximum atomic E-state index is 12.2. The first kappa shape index (κ1) is 15.7. The van der Waals surface area contributed by atoms with Gasteiger partial charge in [0, 0.05) is 37.1 Å². The first-order valence-corrected chi connectivity index (χ1v) is 8.20. The van der Waals surface area contributed by atoms with Crippen LogP contribution in [0.4, 0.5) is 5.95 Å². The monoisotopic (exact) mass is 330 g/mol. The summed E-state index contributed by atoms with van der Waals surface area (Å²) in [7, 11) is 0. The van der Waals surface area contributed by atoms with Gasteiger partial charge in [-0.25, -0.2) is 9.97 Å². The van der Waals surface area contributed by atoms with Gasteiger partial charge in [-0.3, -0.25) is 4.79 Å². The molecular weight excluding hydrogens is 312 g/mol. The molecule has 1 amide bonds. The summed E-state index contributed by atoms with van der Waals surface area (Å²) >= 11 is 6.08. The average Bonchev–Trinajstić information content (AvgIpc) is 2.62. The van der Waals surface area contributed by atoms with Crippen LogP contribution in [0.3, 0.4) is 0 Å². The molecule has 0 unspecified atom stereocenters. The second-order valence-electron chi connectivity index (χ2n) is 5.59. The van der Waals surface area contributed by atoms with E-state index >= 15 is 0 Å². The van der Waals surface area contributed by atoms with Gasteiger partial charge >= 0.3 is 0 Å². The number of carbonyl (C=O) groups excluding carboxylic acids is 1. The number of anilines is 1. The highest BCUT2D eigenvalue weighted by molar-refractivity contribution is 6.31. The normalized spacial score (nSPS) is 14.6. The summed E-state index contributed by atoms with van der Waals surface area (Å²) in [5.74, 6) is 0.502. The molecule has 1 aliphatic rings. The predicted molar refractivity (Wildman–Crippen MR) is 90.7 cm³/mol. The maximum Gasteiger partial charge on any atom is 0.254 e. The summed E-state index contributed by atoms with van der Waals surface area (Å²) in [5.41, 5.74) is 1.34. The Morgan fingerprint density at radius 2 is 1.83 bits per heavy atom. The van der Waals surface area contributed by atoms with Crippen LogP contribution in [0.25, 0.3) is 0 Å². The third-order valence-electron chi connectivity index (χ3n) is 3.94. The molecule has 0 saturated carbocycles. The summed E-state index contributed by atoms with van der Waals surface area (Å²) < 4.78 is 0. The van der Waals surface area contributed by atoms with Gasteiger partial charge in [0.05, 0.1) is 5.56 Å². The van der Waals surface area contributed by atoms with Crippen LogP contribution in [-0.4, -0.2) is 29.0 Å². The van der Waals surface area contributed by atoms with E-state index in [1.54, 1.807) is 18.5 Å². The van der Waals surface area contributed by atoms with Crippen molar-refractivity contribution in [2.45, 2.75) is 25.8 Å².